The van der Waals surface area contributed by atoms with Crippen LogP contribution < -0.4 is 10.6 Å². The zero-order valence-electron chi connectivity index (χ0n) is 17.2. The molecule has 5 atom stereocenters. The van der Waals surface area contributed by atoms with Crippen molar-refractivity contribution in [2.24, 2.45) is 0 Å². The fraction of sp³-hybridized carbons (Fsp3) is 0.722. The summed E-state index contributed by atoms with van der Waals surface area (Å²) in [6.07, 6.45) is -4.75. The number of aliphatic hydroxyl groups excluding tert-OH is 4. The Kier molecular flexibility index (Phi) is 10.9. The molecule has 0 saturated carbocycles. The van der Waals surface area contributed by atoms with Crippen molar-refractivity contribution < 1.29 is 49.4 Å². The maximum atomic E-state index is 11.8. The molecule has 1 aliphatic heterocycles. The van der Waals surface area contributed by atoms with E-state index in [1.165, 1.54) is 11.8 Å². The number of amides is 2. The van der Waals surface area contributed by atoms with Crippen molar-refractivity contribution in [3.05, 3.63) is 12.7 Å². The van der Waals surface area contributed by atoms with Crippen LogP contribution in [-0.4, -0.2) is 111 Å². The first-order valence-corrected chi connectivity index (χ1v) is 10.6. The van der Waals surface area contributed by atoms with E-state index in [4.69, 9.17) is 14.6 Å². The number of carbonyl (C=O) groups is 3. The average Bonchev–Trinajstić information content (AvgIpc) is 2.73. The van der Waals surface area contributed by atoms with Crippen molar-refractivity contribution in [3.8, 4) is 0 Å². The molecule has 0 bridgehead atoms. The third kappa shape index (κ3) is 7.14. The van der Waals surface area contributed by atoms with Gasteiger partial charge in [-0.15, -0.1) is 0 Å². The Labute approximate surface area is 183 Å². The first-order chi connectivity index (χ1) is 14.5. The minimum atomic E-state index is -2.23. The largest absolute Gasteiger partial charge is 0.477 e. The number of hydrogen-bond donors (Lipinski definition) is 7. The lowest BCUT2D eigenvalue weighted by molar-refractivity contribution is -0.294. The van der Waals surface area contributed by atoms with E-state index in [0.717, 1.165) is 13.0 Å². The van der Waals surface area contributed by atoms with Crippen molar-refractivity contribution in [3.63, 3.8) is 0 Å². The van der Waals surface area contributed by atoms with Crippen LogP contribution in [0, 0.1) is 0 Å². The van der Waals surface area contributed by atoms with Gasteiger partial charge in [0.2, 0.25) is 11.8 Å². The molecule has 1 heterocycles. The lowest BCUT2D eigenvalue weighted by atomic mass is 9.78. The van der Waals surface area contributed by atoms with Gasteiger partial charge >= 0.3 is 5.97 Å². The molecule has 1 rings (SSSR count). The number of hydrogen-bond acceptors (Lipinski definition) is 10. The molecule has 2 amide bonds. The standard InChI is InChI=1S/C18H30N2O10S/c1-3-14(25)19-4-6-31-7-5-29-18(16(27)28)8-13(24)17(10-30-18,20-11(2)22)15(26)12(23)9-21/h3,12-13,15,21,23-24,26H,1,4-10H2,2H3,(H,19,25)(H,20,22)(H,27,28). The average molecular weight is 467 g/mol. The molecule has 0 aromatic rings. The van der Waals surface area contributed by atoms with E-state index in [0.29, 0.717) is 18.1 Å². The Bertz CT molecular complexity index is 651. The van der Waals surface area contributed by atoms with Crippen LogP contribution in [0.2, 0.25) is 0 Å². The van der Waals surface area contributed by atoms with Crippen LogP contribution in [0.3, 0.4) is 0 Å². The second-order valence-electron chi connectivity index (χ2n) is 6.94. The third-order valence-electron chi connectivity index (χ3n) is 4.71. The van der Waals surface area contributed by atoms with Gasteiger partial charge in [-0.3, -0.25) is 9.59 Å². The van der Waals surface area contributed by atoms with E-state index in [1.54, 1.807) is 0 Å². The number of carboxylic acid groups (broad SMARTS) is 1. The predicted molar refractivity (Wildman–Crippen MR) is 109 cm³/mol. The molecule has 0 aromatic carbocycles. The van der Waals surface area contributed by atoms with Gasteiger partial charge in [0.1, 0.15) is 17.7 Å². The van der Waals surface area contributed by atoms with E-state index in [9.17, 15) is 34.8 Å². The number of aliphatic hydroxyl groups is 4. The molecular weight excluding hydrogens is 436 g/mol. The van der Waals surface area contributed by atoms with Gasteiger partial charge in [0, 0.05) is 31.4 Å². The highest BCUT2D eigenvalue weighted by atomic mass is 32.2. The minimum Gasteiger partial charge on any atom is -0.477 e. The summed E-state index contributed by atoms with van der Waals surface area (Å²) in [6, 6.07) is 0. The summed E-state index contributed by atoms with van der Waals surface area (Å²) in [6.45, 7) is 3.21. The Morgan fingerprint density at radius 3 is 2.55 bits per heavy atom. The molecule has 0 radical (unpaired) electrons. The fourth-order valence-electron chi connectivity index (χ4n) is 3.07. The van der Waals surface area contributed by atoms with Crippen LogP contribution in [0.25, 0.3) is 0 Å². The molecule has 178 valence electrons. The zero-order chi connectivity index (χ0) is 23.7. The first-order valence-electron chi connectivity index (χ1n) is 9.47. The van der Waals surface area contributed by atoms with Gasteiger partial charge in [0.25, 0.3) is 5.79 Å². The zero-order valence-corrected chi connectivity index (χ0v) is 18.0. The number of ether oxygens (including phenoxy) is 2. The van der Waals surface area contributed by atoms with Crippen molar-refractivity contribution in [2.45, 2.75) is 43.0 Å². The topological polar surface area (TPSA) is 195 Å². The molecular formula is C18H30N2O10S. The van der Waals surface area contributed by atoms with Crippen LogP contribution >= 0.6 is 11.8 Å². The Morgan fingerprint density at radius 1 is 1.35 bits per heavy atom. The van der Waals surface area contributed by atoms with E-state index in [2.05, 4.69) is 17.2 Å². The van der Waals surface area contributed by atoms with Gasteiger partial charge in [-0.2, -0.15) is 11.8 Å². The quantitative estimate of drug-likeness (QED) is 0.109. The summed E-state index contributed by atoms with van der Waals surface area (Å²) in [5, 5.41) is 54.5. The van der Waals surface area contributed by atoms with Crippen molar-refractivity contribution in [2.75, 3.05) is 37.9 Å². The molecule has 13 heteroatoms. The van der Waals surface area contributed by atoms with Gasteiger partial charge in [0.05, 0.1) is 25.9 Å². The van der Waals surface area contributed by atoms with Crippen LogP contribution in [0.4, 0.5) is 0 Å². The van der Waals surface area contributed by atoms with E-state index >= 15 is 0 Å². The summed E-state index contributed by atoms with van der Waals surface area (Å²) >= 11 is 1.38. The predicted octanol–water partition coefficient (Wildman–Crippen LogP) is -2.81. The SMILES string of the molecule is C=CC(=O)NCCSCCOC1(C(=O)O)CC(O)C(NC(C)=O)(C(O)C(O)CO)CO1. The second kappa shape index (κ2) is 12.3. The Hall–Kier alpha value is -1.74. The number of nitrogens with one attached hydrogen (secondary N) is 2. The number of carboxylic acids is 1. The minimum absolute atomic E-state index is 0.0615. The molecule has 0 spiro atoms. The lowest BCUT2D eigenvalue weighted by Crippen LogP contribution is -2.74. The van der Waals surface area contributed by atoms with Crippen LogP contribution in [0.1, 0.15) is 13.3 Å². The number of rotatable bonds is 13. The second-order valence-corrected chi connectivity index (χ2v) is 8.16. The molecule has 12 nitrogen and oxygen atoms in total. The summed E-state index contributed by atoms with van der Waals surface area (Å²) in [5.41, 5.74) is -1.95. The maximum absolute atomic E-state index is 11.8. The summed E-state index contributed by atoms with van der Waals surface area (Å²) in [5.74, 6) is -3.81. The maximum Gasteiger partial charge on any atom is 0.364 e. The molecule has 5 unspecified atom stereocenters. The first kappa shape index (κ1) is 27.3. The van der Waals surface area contributed by atoms with Crippen molar-refractivity contribution in [1.82, 2.24) is 10.6 Å². The van der Waals surface area contributed by atoms with Gasteiger partial charge in [-0.1, -0.05) is 6.58 Å². The van der Waals surface area contributed by atoms with Gasteiger partial charge in [0.15, 0.2) is 0 Å². The monoisotopic (exact) mass is 466 g/mol. The Morgan fingerprint density at radius 2 is 2.03 bits per heavy atom. The van der Waals surface area contributed by atoms with Gasteiger partial charge in [-0.25, -0.2) is 4.79 Å². The number of aliphatic carboxylic acids is 1. The normalized spacial score (nSPS) is 27.7. The molecule has 1 saturated heterocycles. The molecule has 0 aliphatic carbocycles. The number of thioether (sulfide) groups is 1. The molecule has 31 heavy (non-hydrogen) atoms. The third-order valence-corrected chi connectivity index (χ3v) is 5.66. The smallest absolute Gasteiger partial charge is 0.364 e. The number of carbonyl (C=O) groups excluding carboxylic acids is 2. The van der Waals surface area contributed by atoms with Crippen molar-refractivity contribution in [1.29, 1.82) is 0 Å². The van der Waals surface area contributed by atoms with Gasteiger partial charge in [-0.05, 0) is 6.08 Å². The molecule has 7 N–H and O–H groups in total. The Balaban J connectivity index is 2.76. The van der Waals surface area contributed by atoms with Crippen LogP contribution in [0.5, 0.6) is 0 Å². The molecule has 0 aromatic heterocycles. The van der Waals surface area contributed by atoms with Crippen LogP contribution in [0.15, 0.2) is 12.7 Å². The highest BCUT2D eigenvalue weighted by molar-refractivity contribution is 7.99. The van der Waals surface area contributed by atoms with E-state index in [1.807, 2.05) is 0 Å². The van der Waals surface area contributed by atoms with E-state index < -0.39 is 61.1 Å². The molecule has 1 aliphatic rings. The van der Waals surface area contributed by atoms with E-state index in [-0.39, 0.29) is 12.5 Å². The summed E-state index contributed by atoms with van der Waals surface area (Å²) < 4.78 is 10.8. The lowest BCUT2D eigenvalue weighted by Gasteiger charge is -2.50. The fourth-order valence-corrected chi connectivity index (χ4v) is 3.72. The highest BCUT2D eigenvalue weighted by Crippen LogP contribution is 2.35. The summed E-state index contributed by atoms with van der Waals surface area (Å²) in [4.78, 5) is 34.5. The van der Waals surface area contributed by atoms with Crippen LogP contribution in [-0.2, 0) is 23.9 Å². The van der Waals surface area contributed by atoms with Gasteiger partial charge < -0.3 is 45.6 Å². The van der Waals surface area contributed by atoms with Crippen molar-refractivity contribution >= 4 is 29.5 Å². The summed E-state index contributed by atoms with van der Waals surface area (Å²) in [7, 11) is 0. The molecule has 1 fully saturated rings. The highest BCUT2D eigenvalue weighted by Gasteiger charge is 2.59.